The molecule has 4 aliphatic rings. The molecule has 4 rings (SSSR count). The third-order valence-electron chi connectivity index (χ3n) is 8.64. The van der Waals surface area contributed by atoms with Crippen LogP contribution < -0.4 is 0 Å². The molecule has 1 saturated heterocycles. The van der Waals surface area contributed by atoms with Crippen LogP contribution >= 0.6 is 26.5 Å². The van der Waals surface area contributed by atoms with Crippen LogP contribution in [0.25, 0.3) is 4.98 Å². The van der Waals surface area contributed by atoms with Crippen LogP contribution in [0.3, 0.4) is 0 Å². The van der Waals surface area contributed by atoms with Gasteiger partial charge in [-0.05, 0) is 66.8 Å². The van der Waals surface area contributed by atoms with Gasteiger partial charge in [-0.2, -0.15) is 0 Å². The molecule has 3 saturated carbocycles. The van der Waals surface area contributed by atoms with Crippen molar-refractivity contribution in [2.75, 3.05) is 6.66 Å². The molecular formula is C24H46Cl2NPSiTi-2. The van der Waals surface area contributed by atoms with E-state index in [-0.39, 0.29) is 20.9 Å². The number of nitrogens with zero attached hydrogens (tertiary/aromatic N) is 1. The van der Waals surface area contributed by atoms with Gasteiger partial charge in [0.05, 0.1) is 0 Å². The van der Waals surface area contributed by atoms with Crippen LogP contribution in [0.15, 0.2) is 0 Å². The molecule has 4 fully saturated rings. The molecule has 1 aliphatic heterocycles. The fourth-order valence-corrected chi connectivity index (χ4v) is 18.2. The fourth-order valence-electron chi connectivity index (χ4n) is 8.38. The fraction of sp³-hybridized carbons (Fsp3) is 0.958. The number of rotatable bonds is 2. The Bertz CT molecular complexity index is 558. The third-order valence-corrected chi connectivity index (χ3v) is 15.9. The molecule has 9 unspecified atom stereocenters. The predicted molar refractivity (Wildman–Crippen MR) is 138 cm³/mol. The Balaban J connectivity index is 0.000000757. The zero-order valence-electron chi connectivity index (χ0n) is 20.7. The first-order valence-electron chi connectivity index (χ1n) is 11.9. The summed E-state index contributed by atoms with van der Waals surface area (Å²) in [5, 5.41) is 0. The molecule has 3 aliphatic carbocycles. The Morgan fingerprint density at radius 1 is 0.967 bits per heavy atom. The molecule has 0 N–H and O–H groups in total. The van der Waals surface area contributed by atoms with Crippen LogP contribution in [0.2, 0.25) is 18.6 Å². The summed E-state index contributed by atoms with van der Waals surface area (Å²) in [5.74, 6) is 5.29. The summed E-state index contributed by atoms with van der Waals surface area (Å²) >= 11 is -0.556. The van der Waals surface area contributed by atoms with Crippen LogP contribution in [0.5, 0.6) is 0 Å². The normalized spacial score (nSPS) is 42.8. The molecule has 0 bridgehead atoms. The summed E-state index contributed by atoms with van der Waals surface area (Å²) in [6.45, 7) is 17.6. The predicted octanol–water partition coefficient (Wildman–Crippen LogP) is 9.30. The number of fused-ring (bicyclic) bond motifs is 5. The van der Waals surface area contributed by atoms with E-state index in [0.717, 1.165) is 46.4 Å². The summed E-state index contributed by atoms with van der Waals surface area (Å²) < 4.78 is 0. The topological polar surface area (TPSA) is 14.1 Å². The van der Waals surface area contributed by atoms with Gasteiger partial charge in [0.2, 0.25) is 0 Å². The van der Waals surface area contributed by atoms with E-state index in [4.69, 9.17) is 23.6 Å². The SMILES string of the molecule is CC1CCC2C(C1)C1C3CCCCC3C([Si](C)(C)[N-]C(C)(C)C)C1P2C.[CH3-].[Cl][Ti][Cl]. The van der Waals surface area contributed by atoms with Crippen LogP contribution in [-0.4, -0.2) is 31.8 Å². The van der Waals surface area contributed by atoms with E-state index < -0.39 is 25.3 Å². The first-order chi connectivity index (χ1) is 13.5. The maximum absolute atomic E-state index is 5.59. The molecule has 0 aromatic rings. The van der Waals surface area contributed by atoms with Crippen molar-refractivity contribution in [1.29, 1.82) is 0 Å². The average molecular weight is 526 g/mol. The van der Waals surface area contributed by atoms with Crippen molar-refractivity contribution >= 4 is 34.8 Å². The average Bonchev–Trinajstić information content (AvgIpc) is 3.08. The van der Waals surface area contributed by atoms with Crippen molar-refractivity contribution in [1.82, 2.24) is 0 Å². The quantitative estimate of drug-likeness (QED) is 0.193. The molecule has 1 nitrogen and oxygen atoms in total. The molecule has 6 heteroatoms. The van der Waals surface area contributed by atoms with Gasteiger partial charge in [0, 0.05) is 0 Å². The van der Waals surface area contributed by atoms with Gasteiger partial charge < -0.3 is 12.4 Å². The van der Waals surface area contributed by atoms with Gasteiger partial charge in [-0.3, -0.25) is 0 Å². The standard InChI is InChI=1S/C23H43NPSi.CH3.2ClH.Ti/c1-15-12-13-19-18(14-15)20-16-10-8-9-11-17(16)22(21(20)25(19)5)26(6,7)24-23(2,3)4;;;;/h15-22H,8-14H2,1-7H3;1H3;2*1H;/q2*-1;;;+2/p-2. The van der Waals surface area contributed by atoms with E-state index in [1.165, 1.54) is 25.7 Å². The molecule has 176 valence electrons. The molecule has 0 amide bonds. The summed E-state index contributed by atoms with van der Waals surface area (Å²) in [4.78, 5) is 5.59. The van der Waals surface area contributed by atoms with E-state index in [1.54, 1.807) is 19.3 Å². The van der Waals surface area contributed by atoms with Crippen LogP contribution in [0.4, 0.5) is 0 Å². The zero-order chi connectivity index (χ0) is 21.6. The molecule has 30 heavy (non-hydrogen) atoms. The maximum atomic E-state index is 5.59. The third kappa shape index (κ3) is 5.75. The Kier molecular flexibility index (Phi) is 10.4. The Hall–Kier alpha value is 1.90. The first-order valence-corrected chi connectivity index (χ1v) is 21.2. The summed E-state index contributed by atoms with van der Waals surface area (Å²) in [5.41, 5.74) is 3.33. The van der Waals surface area contributed by atoms with Crippen molar-refractivity contribution in [3.05, 3.63) is 12.4 Å². The van der Waals surface area contributed by atoms with Gasteiger partial charge >= 0.3 is 35.6 Å². The van der Waals surface area contributed by atoms with Gasteiger partial charge in [0.25, 0.3) is 0 Å². The van der Waals surface area contributed by atoms with E-state index >= 15 is 0 Å². The van der Waals surface area contributed by atoms with E-state index in [2.05, 4.69) is 47.5 Å². The molecule has 0 aromatic heterocycles. The van der Waals surface area contributed by atoms with Crippen molar-refractivity contribution < 1.29 is 17.0 Å². The second-order valence-electron chi connectivity index (χ2n) is 12.0. The minimum absolute atomic E-state index is 0. The number of hydrogen-bond donors (Lipinski definition) is 0. The van der Waals surface area contributed by atoms with Crippen LogP contribution in [0, 0.1) is 37.0 Å². The van der Waals surface area contributed by atoms with Crippen molar-refractivity contribution in [2.45, 2.75) is 108 Å². The van der Waals surface area contributed by atoms with Crippen molar-refractivity contribution in [3.63, 3.8) is 0 Å². The van der Waals surface area contributed by atoms with Gasteiger partial charge in [-0.1, -0.05) is 80.2 Å². The van der Waals surface area contributed by atoms with E-state index in [0.29, 0.717) is 0 Å². The second kappa shape index (κ2) is 11.1. The monoisotopic (exact) mass is 525 g/mol. The molecule has 9 atom stereocenters. The van der Waals surface area contributed by atoms with Crippen molar-refractivity contribution in [2.24, 2.45) is 29.6 Å². The Morgan fingerprint density at radius 3 is 2.10 bits per heavy atom. The Morgan fingerprint density at radius 2 is 1.53 bits per heavy atom. The van der Waals surface area contributed by atoms with E-state index in [9.17, 15) is 0 Å². The number of halogens is 2. The second-order valence-corrected chi connectivity index (χ2v) is 21.4. The van der Waals surface area contributed by atoms with Crippen LogP contribution in [-0.2, 0) is 17.0 Å². The summed E-state index contributed by atoms with van der Waals surface area (Å²) in [7, 11) is 8.41. The Labute approximate surface area is 207 Å². The summed E-state index contributed by atoms with van der Waals surface area (Å²) in [6, 6.07) is 0. The summed E-state index contributed by atoms with van der Waals surface area (Å²) in [6.07, 6.45) is 10.8. The van der Waals surface area contributed by atoms with Gasteiger partial charge in [-0.15, -0.1) is 13.5 Å². The molecular weight excluding hydrogens is 480 g/mol. The van der Waals surface area contributed by atoms with E-state index in [1.807, 2.05) is 0 Å². The molecule has 0 radical (unpaired) electrons. The van der Waals surface area contributed by atoms with Gasteiger partial charge in [0.1, 0.15) is 0 Å². The van der Waals surface area contributed by atoms with Crippen LogP contribution in [0.1, 0.15) is 72.6 Å². The molecule has 1 heterocycles. The number of hydrogen-bond acceptors (Lipinski definition) is 0. The van der Waals surface area contributed by atoms with Gasteiger partial charge in [0.15, 0.2) is 0 Å². The molecule has 0 spiro atoms. The zero-order valence-corrected chi connectivity index (χ0v) is 25.7. The van der Waals surface area contributed by atoms with Gasteiger partial charge in [-0.25, -0.2) is 0 Å². The first kappa shape index (κ1) is 28.1. The minimum atomic E-state index is -1.58. The van der Waals surface area contributed by atoms with Crippen molar-refractivity contribution in [3.8, 4) is 0 Å². The molecule has 0 aromatic carbocycles.